The number of benzene rings is 2. The second-order valence-electron chi connectivity index (χ2n) is 16.4. The number of likely N-dealkylation sites (tertiary alicyclic amines) is 2. The molecular weight excluding hydrogens is 827 g/mol. The van der Waals surface area contributed by atoms with E-state index in [1.165, 1.54) is 21.9 Å². The fourth-order valence-corrected chi connectivity index (χ4v) is 7.70. The van der Waals surface area contributed by atoms with E-state index in [1.54, 1.807) is 62.6 Å². The van der Waals surface area contributed by atoms with Gasteiger partial charge in [-0.05, 0) is 86.1 Å². The van der Waals surface area contributed by atoms with Crippen molar-refractivity contribution in [3.63, 3.8) is 0 Å². The lowest BCUT2D eigenvalue weighted by atomic mass is 9.99. The summed E-state index contributed by atoms with van der Waals surface area (Å²) in [6, 6.07) is 15.8. The highest BCUT2D eigenvalue weighted by Crippen LogP contribution is 2.29. The van der Waals surface area contributed by atoms with Crippen molar-refractivity contribution < 1.29 is 47.6 Å². The van der Waals surface area contributed by atoms with Crippen LogP contribution in [0.15, 0.2) is 60.7 Å². The van der Waals surface area contributed by atoms with Crippen molar-refractivity contribution >= 4 is 23.6 Å². The summed E-state index contributed by atoms with van der Waals surface area (Å²) in [4.78, 5) is 59.4. The average molecular weight is 875 g/mol. The van der Waals surface area contributed by atoms with E-state index in [4.69, 9.17) is 20.9 Å². The highest BCUT2D eigenvalue weighted by atomic mass is 19.1. The van der Waals surface area contributed by atoms with Crippen LogP contribution in [0.2, 0.25) is 0 Å². The largest absolute Gasteiger partial charge is 0.378 e. The third-order valence-electron chi connectivity index (χ3n) is 11.8. The highest BCUT2D eigenvalue weighted by molar-refractivity contribution is 5.94. The molecule has 2 aromatic heterocycles. The first-order valence-corrected chi connectivity index (χ1v) is 21.0. The minimum atomic E-state index is -1.72. The Bertz CT molecular complexity index is 2450. The van der Waals surface area contributed by atoms with Crippen molar-refractivity contribution in [1.82, 2.24) is 19.8 Å². The molecule has 4 atom stereocenters. The molecule has 0 spiro atoms. The Morgan fingerprint density at radius 1 is 0.719 bits per heavy atom. The Balaban J connectivity index is 0.000000191. The third-order valence-corrected chi connectivity index (χ3v) is 11.8. The van der Waals surface area contributed by atoms with Crippen LogP contribution in [0.4, 0.5) is 8.78 Å². The van der Waals surface area contributed by atoms with Crippen LogP contribution in [0, 0.1) is 35.3 Å². The zero-order chi connectivity index (χ0) is 45.8. The summed E-state index contributed by atoms with van der Waals surface area (Å²) < 4.78 is 40.7. The molecule has 64 heavy (non-hydrogen) atoms. The van der Waals surface area contributed by atoms with Crippen molar-refractivity contribution in [2.45, 2.75) is 74.8 Å². The zero-order valence-corrected chi connectivity index (χ0v) is 35.5. The van der Waals surface area contributed by atoms with Crippen LogP contribution >= 0.6 is 0 Å². The van der Waals surface area contributed by atoms with Crippen LogP contribution in [0.1, 0.15) is 81.8 Å². The number of amides is 4. The fraction of sp³-hybridized carbons (Fsp3) is 0.375. The average Bonchev–Trinajstić information content (AvgIpc) is 3.65. The van der Waals surface area contributed by atoms with Gasteiger partial charge in [-0.1, -0.05) is 47.9 Å². The predicted molar refractivity (Wildman–Crippen MR) is 230 cm³/mol. The molecular formula is C48H48F2N6O8. The lowest BCUT2D eigenvalue weighted by Crippen LogP contribution is -2.37. The number of nitrogens with zero attached hydrogens (tertiary/aromatic N) is 4. The van der Waals surface area contributed by atoms with Crippen LogP contribution in [0.5, 0.6) is 0 Å². The van der Waals surface area contributed by atoms with Gasteiger partial charge < -0.3 is 41.0 Å². The van der Waals surface area contributed by atoms with Gasteiger partial charge in [0.05, 0.1) is 12.2 Å². The minimum absolute atomic E-state index is 0.0125. The molecule has 14 nitrogen and oxygen atoms in total. The molecule has 4 amide bonds. The number of aliphatic hydroxyl groups is 2. The summed E-state index contributed by atoms with van der Waals surface area (Å²) in [7, 11) is 3.21. The number of rotatable bonds is 10. The molecule has 0 bridgehead atoms. The summed E-state index contributed by atoms with van der Waals surface area (Å²) in [5, 5.41) is 20.9. The highest BCUT2D eigenvalue weighted by Gasteiger charge is 2.43. The van der Waals surface area contributed by atoms with Gasteiger partial charge in [0.15, 0.2) is 0 Å². The summed E-state index contributed by atoms with van der Waals surface area (Å²) in [5.74, 6) is 7.40. The lowest BCUT2D eigenvalue weighted by Gasteiger charge is -2.26. The van der Waals surface area contributed by atoms with Crippen LogP contribution in [0.25, 0.3) is 22.5 Å². The van der Waals surface area contributed by atoms with Crippen molar-refractivity contribution in [1.29, 1.82) is 0 Å². The number of primary amides is 2. The molecule has 16 heteroatoms. The molecule has 4 aliphatic rings. The Labute approximate surface area is 369 Å². The lowest BCUT2D eigenvalue weighted by molar-refractivity contribution is -0.138. The Kier molecular flexibility index (Phi) is 13.5. The van der Waals surface area contributed by atoms with E-state index in [0.717, 1.165) is 26.1 Å². The number of carbonyl (C=O) groups is 4. The van der Waals surface area contributed by atoms with Gasteiger partial charge in [-0.25, -0.2) is 18.7 Å². The van der Waals surface area contributed by atoms with Gasteiger partial charge in [-0.3, -0.25) is 19.2 Å². The topological polar surface area (TPSA) is 212 Å². The smallest absolute Gasteiger partial charge is 0.267 e. The van der Waals surface area contributed by atoms with Crippen LogP contribution in [-0.4, -0.2) is 117 Å². The number of hydrogen-bond donors (Lipinski definition) is 4. The summed E-state index contributed by atoms with van der Waals surface area (Å²) in [5.41, 5.74) is 10.3. The molecule has 6 heterocycles. The molecule has 6 N–H and O–H groups in total. The number of hydrogen-bond acceptors (Lipinski definition) is 10. The number of carbonyl (C=O) groups excluding carboxylic acids is 4. The van der Waals surface area contributed by atoms with E-state index in [-0.39, 0.29) is 47.8 Å². The molecule has 4 saturated heterocycles. The number of pyridine rings is 2. The van der Waals surface area contributed by atoms with Gasteiger partial charge >= 0.3 is 0 Å². The van der Waals surface area contributed by atoms with Gasteiger partial charge in [0.25, 0.3) is 23.6 Å². The number of aromatic nitrogens is 2. The van der Waals surface area contributed by atoms with E-state index in [2.05, 4.69) is 33.6 Å². The maximum absolute atomic E-state index is 14.9. The number of ether oxygens (including phenoxy) is 2. The molecule has 0 unspecified atom stereocenters. The second kappa shape index (κ2) is 19.0. The quantitative estimate of drug-likeness (QED) is 0.171. The molecule has 8 rings (SSSR count). The van der Waals surface area contributed by atoms with Crippen molar-refractivity contribution in [3.8, 4) is 46.2 Å². The van der Waals surface area contributed by atoms with E-state index in [1.807, 2.05) is 0 Å². The molecule has 4 aromatic rings. The van der Waals surface area contributed by atoms with Gasteiger partial charge in [0.1, 0.15) is 34.4 Å². The van der Waals surface area contributed by atoms with Crippen molar-refractivity contribution in [2.75, 3.05) is 40.4 Å². The number of halogens is 2. The predicted octanol–water partition coefficient (Wildman–Crippen LogP) is 3.31. The molecule has 0 aliphatic carbocycles. The Hall–Kier alpha value is -6.56. The Morgan fingerprint density at radius 3 is 1.42 bits per heavy atom. The first kappa shape index (κ1) is 45.5. The van der Waals surface area contributed by atoms with E-state index >= 15 is 0 Å². The van der Waals surface area contributed by atoms with Gasteiger partial charge in [0.2, 0.25) is 11.2 Å². The molecule has 0 saturated carbocycles. The second-order valence-corrected chi connectivity index (χ2v) is 16.4. The Morgan fingerprint density at radius 2 is 1.11 bits per heavy atom. The van der Waals surface area contributed by atoms with E-state index < -0.39 is 46.5 Å². The van der Waals surface area contributed by atoms with Crippen molar-refractivity contribution in [2.24, 2.45) is 11.5 Å². The maximum Gasteiger partial charge on any atom is 0.267 e. The monoisotopic (exact) mass is 874 g/mol. The fourth-order valence-electron chi connectivity index (χ4n) is 7.70. The van der Waals surface area contributed by atoms with E-state index in [9.17, 15) is 38.2 Å². The van der Waals surface area contributed by atoms with Crippen LogP contribution in [-0.2, 0) is 31.9 Å². The number of nitrogens with two attached hydrogens (primary N) is 2. The summed E-state index contributed by atoms with van der Waals surface area (Å²) >= 11 is 0. The van der Waals surface area contributed by atoms with Gasteiger partial charge in [-0.2, -0.15) is 0 Å². The molecule has 2 aromatic carbocycles. The van der Waals surface area contributed by atoms with Gasteiger partial charge in [0, 0.05) is 75.5 Å². The number of aryl methyl sites for hydroxylation is 2. The first-order valence-electron chi connectivity index (χ1n) is 21.0. The molecule has 4 aliphatic heterocycles. The van der Waals surface area contributed by atoms with Crippen LogP contribution < -0.4 is 11.5 Å². The number of likely N-dealkylation sites (N-methyl/N-ethyl adjacent to an activating group) is 2. The minimum Gasteiger partial charge on any atom is -0.378 e. The molecule has 0 radical (unpaired) electrons. The summed E-state index contributed by atoms with van der Waals surface area (Å²) in [6.45, 7) is 2.30. The zero-order valence-electron chi connectivity index (χ0n) is 35.5. The van der Waals surface area contributed by atoms with Crippen LogP contribution in [0.3, 0.4) is 0 Å². The standard InChI is InChI=1S/2C24H24FN3O4/c2*1-28-11-10-24(31,23(28)30)9-7-15-3-2-4-16(13-15)20-19(25)14-17(21(27-20)22(26)29)5-6-18-8-12-32-18/h2*2-4,13-14,18,31H,5-6,8,10-12H2,1H3,(H2,26,29)/t18-,24+;18-,24-/m10/s1. The van der Waals surface area contributed by atoms with Gasteiger partial charge in [-0.15, -0.1) is 0 Å². The summed E-state index contributed by atoms with van der Waals surface area (Å²) in [6.07, 6.45) is 4.81. The molecule has 4 fully saturated rings. The first-order chi connectivity index (χ1) is 30.5. The SMILES string of the molecule is CN1CC[C@@](O)(C#Cc2cccc(-c3nc(C(N)=O)c(CC[C@@H]4CCO4)cc3F)c2)C1=O.CN1CC[C@@](O)(C#Cc2cccc(-c3nc(C(N)=O)c(CC[C@H]4CCO4)cc3F)c2)C1=O. The third kappa shape index (κ3) is 10.1. The normalized spacial score (nSPS) is 22.3. The van der Waals surface area contributed by atoms with E-state index in [0.29, 0.717) is 72.2 Å². The maximum atomic E-state index is 14.9. The van der Waals surface area contributed by atoms with Crippen molar-refractivity contribution in [3.05, 3.63) is 106 Å². The molecule has 332 valence electrons.